The maximum atomic E-state index is 15.8. The van der Waals surface area contributed by atoms with Crippen LogP contribution in [0.1, 0.15) is 33.4 Å². The van der Waals surface area contributed by atoms with E-state index in [2.05, 4.69) is 0 Å². The van der Waals surface area contributed by atoms with Crippen molar-refractivity contribution in [2.45, 2.75) is 38.1 Å². The summed E-state index contributed by atoms with van der Waals surface area (Å²) in [6, 6.07) is 4.95. The van der Waals surface area contributed by atoms with Crippen LogP contribution in [0.3, 0.4) is 0 Å². The number of para-hydroxylation sites is 1. The lowest BCUT2D eigenvalue weighted by Crippen LogP contribution is -2.37. The van der Waals surface area contributed by atoms with Gasteiger partial charge in [-0.1, -0.05) is 24.1 Å². The molecule has 2 aliphatic rings. The van der Waals surface area contributed by atoms with Gasteiger partial charge < -0.3 is 14.4 Å². The van der Waals surface area contributed by atoms with Crippen molar-refractivity contribution in [3.63, 3.8) is 0 Å². The van der Waals surface area contributed by atoms with Gasteiger partial charge in [-0.3, -0.25) is 23.4 Å². The number of hydrogen-bond acceptors (Lipinski definition) is 8. The van der Waals surface area contributed by atoms with Crippen LogP contribution < -0.4 is 15.8 Å². The van der Waals surface area contributed by atoms with Crippen molar-refractivity contribution in [1.29, 1.82) is 0 Å². The van der Waals surface area contributed by atoms with Gasteiger partial charge in [0.15, 0.2) is 6.20 Å². The summed E-state index contributed by atoms with van der Waals surface area (Å²) in [4.78, 5) is 25.7. The molecular weight excluding hydrogens is 434 g/mol. The zero-order valence-electron chi connectivity index (χ0n) is 19.0. The highest BCUT2D eigenvalue weighted by Crippen LogP contribution is 2.56. The molecule has 4 rings (SSSR count). The molecule has 2 N–H and O–H groups in total. The number of hydrogen-bond donors (Lipinski definition) is 2. The Hall–Kier alpha value is -2.74. The molecule has 4 atom stereocenters. The minimum absolute atomic E-state index is 0.115. The van der Waals surface area contributed by atoms with E-state index in [1.165, 1.54) is 0 Å². The number of H-pyrrole nitrogens is 1. The monoisotopic (exact) mass is 455 g/mol. The summed E-state index contributed by atoms with van der Waals surface area (Å²) in [6.07, 6.45) is -0.486. The highest BCUT2D eigenvalue weighted by Gasteiger charge is 2.50. The number of aromatic nitrogens is 2. The lowest BCUT2D eigenvalue weighted by atomic mass is 10.1. The number of aliphatic hydroxyl groups excluding tert-OH is 1. The van der Waals surface area contributed by atoms with Crippen LogP contribution in [-0.2, 0) is 25.0 Å². The van der Waals surface area contributed by atoms with Gasteiger partial charge in [0.2, 0.25) is 5.85 Å². The second-order valence-electron chi connectivity index (χ2n) is 6.77. The summed E-state index contributed by atoms with van der Waals surface area (Å²) in [5.41, 5.74) is -1.63. The van der Waals surface area contributed by atoms with Crippen LogP contribution >= 0.6 is 7.82 Å². The first-order valence-corrected chi connectivity index (χ1v) is 10.3. The van der Waals surface area contributed by atoms with Crippen LogP contribution in [0.15, 0.2) is 34.0 Å². The molecule has 12 heteroatoms. The van der Waals surface area contributed by atoms with Gasteiger partial charge in [-0.2, -0.15) is 0 Å². The fraction of sp³-hybridized carbons (Fsp3) is 0.368. The van der Waals surface area contributed by atoms with Gasteiger partial charge in [0, 0.05) is 18.2 Å². The fourth-order valence-electron chi connectivity index (χ4n) is 3.03. The first kappa shape index (κ1) is 17.9. The number of rotatable bonds is 4. The Kier molecular flexibility index (Phi) is 4.47. The Balaban J connectivity index is 1.65. The van der Waals surface area contributed by atoms with Crippen LogP contribution in [0.4, 0.5) is 4.39 Å². The molecule has 0 bridgehead atoms. The molecule has 0 radical (unpaired) electrons. The number of terminal acetylenes is 1. The second kappa shape index (κ2) is 7.75. The molecule has 0 saturated carbocycles. The van der Waals surface area contributed by atoms with E-state index in [0.717, 1.165) is 0 Å². The van der Waals surface area contributed by atoms with E-state index in [4.69, 9.17) is 28.8 Å². The third-order valence-electron chi connectivity index (χ3n) is 4.53. The Morgan fingerprint density at radius 1 is 1.58 bits per heavy atom. The zero-order valence-corrected chi connectivity index (χ0v) is 16.9. The van der Waals surface area contributed by atoms with Crippen molar-refractivity contribution in [2.24, 2.45) is 0 Å². The lowest BCUT2D eigenvalue weighted by Gasteiger charge is -2.28. The van der Waals surface area contributed by atoms with Crippen molar-refractivity contribution < 1.29 is 36.5 Å². The van der Waals surface area contributed by atoms with Gasteiger partial charge in [-0.25, -0.2) is 13.8 Å². The van der Waals surface area contributed by atoms with Gasteiger partial charge in [-0.05, 0) is 12.5 Å². The number of aliphatic hydroxyl groups is 1. The number of nitrogens with zero attached hydrogens (tertiary/aromatic N) is 1. The number of benzene rings is 1. The molecule has 1 unspecified atom stereocenters. The molecule has 31 heavy (non-hydrogen) atoms. The number of phosphoric acid groups is 1. The number of alkyl halides is 1. The molecule has 10 nitrogen and oxygen atoms in total. The number of halogens is 1. The summed E-state index contributed by atoms with van der Waals surface area (Å²) in [6.45, 7) is -2.25. The third kappa shape index (κ3) is 4.08. The number of phosphoric ester groups is 1. The minimum Gasteiger partial charge on any atom is -0.403 e. The van der Waals surface area contributed by atoms with Crippen LogP contribution in [0, 0.1) is 19.3 Å². The molecule has 1 saturated heterocycles. The van der Waals surface area contributed by atoms with Crippen molar-refractivity contribution in [1.82, 2.24) is 9.55 Å². The molecule has 2 aliphatic heterocycles. The van der Waals surface area contributed by atoms with Gasteiger partial charge in [0.25, 0.3) is 5.56 Å². The summed E-state index contributed by atoms with van der Waals surface area (Å²) >= 11 is 0. The average Bonchev–Trinajstić information content (AvgIpc) is 2.98. The van der Waals surface area contributed by atoms with Crippen molar-refractivity contribution in [3.8, 4) is 18.1 Å². The van der Waals surface area contributed by atoms with Crippen molar-refractivity contribution >= 4 is 7.82 Å². The number of fused-ring (bicyclic) bond motifs is 1. The molecule has 164 valence electrons. The number of nitrogens with one attached hydrogen (secondary N) is 1. The van der Waals surface area contributed by atoms with Crippen LogP contribution in [0.5, 0.6) is 5.75 Å². The summed E-state index contributed by atoms with van der Waals surface area (Å²) in [7, 11) is -4.73. The van der Waals surface area contributed by atoms with E-state index in [1.54, 1.807) is 30.1 Å². The molecule has 1 aromatic carbocycles. The van der Waals surface area contributed by atoms with Crippen LogP contribution in [-0.4, -0.2) is 33.2 Å². The van der Waals surface area contributed by atoms with E-state index in [1.807, 2.05) is 5.92 Å². The fourth-order valence-corrected chi connectivity index (χ4v) is 4.21. The largest absolute Gasteiger partial charge is 0.530 e. The molecule has 1 fully saturated rings. The third-order valence-corrected chi connectivity index (χ3v) is 5.69. The number of aromatic amines is 1. The van der Waals surface area contributed by atoms with Crippen LogP contribution in [0.25, 0.3) is 0 Å². The van der Waals surface area contributed by atoms with E-state index in [0.29, 0.717) is 21.9 Å². The predicted molar refractivity (Wildman–Crippen MR) is 104 cm³/mol. The highest BCUT2D eigenvalue weighted by molar-refractivity contribution is 7.49. The standard InChI is InChI=1S/C19H18FN2O8P/c1-3-12-8-22(18(25)21-16(12)24)17-14(23)7-19(20,29-17)10-28-31(26)27-9-13-6-4-5-11(2)15(13)30-31/h1,4-6,8,14,17,23H,7,9-10H2,2H3,(H,21,24,25)/t14-,17-,19+,31?/m1/s1/i10D2,17D. The molecule has 0 amide bonds. The molecule has 0 aliphatic carbocycles. The van der Waals surface area contributed by atoms with E-state index >= 15 is 4.39 Å². The summed E-state index contributed by atoms with van der Waals surface area (Å²) < 4.78 is 73.5. The first-order valence-electron chi connectivity index (χ1n) is 10.4. The van der Waals surface area contributed by atoms with E-state index in [9.17, 15) is 19.3 Å². The van der Waals surface area contributed by atoms with Gasteiger partial charge >= 0.3 is 13.5 Å². The maximum absolute atomic E-state index is 15.8. The predicted octanol–water partition coefficient (Wildman–Crippen LogP) is 1.51. The number of ether oxygens (including phenoxy) is 1. The van der Waals surface area contributed by atoms with Gasteiger partial charge in [0.1, 0.15) is 24.0 Å². The maximum Gasteiger partial charge on any atom is 0.530 e. The van der Waals surface area contributed by atoms with Crippen molar-refractivity contribution in [3.05, 3.63) is 61.9 Å². The Morgan fingerprint density at radius 3 is 3.10 bits per heavy atom. The second-order valence-corrected chi connectivity index (χ2v) is 8.29. The van der Waals surface area contributed by atoms with Crippen LogP contribution in [0.2, 0.25) is 0 Å². The smallest absolute Gasteiger partial charge is 0.403 e. The van der Waals surface area contributed by atoms with Gasteiger partial charge in [-0.15, -0.1) is 6.42 Å². The molecule has 1 aromatic heterocycles. The Bertz CT molecular complexity index is 1370. The molecule has 0 spiro atoms. The molecular formula is C19H18FN2O8P. The minimum atomic E-state index is -4.73. The van der Waals surface area contributed by atoms with E-state index < -0.39 is 55.8 Å². The highest BCUT2D eigenvalue weighted by atomic mass is 31.2. The topological polar surface area (TPSA) is 129 Å². The molecule has 3 heterocycles. The average molecular weight is 455 g/mol. The lowest BCUT2D eigenvalue weighted by molar-refractivity contribution is -0.179. The summed E-state index contributed by atoms with van der Waals surface area (Å²) in [5, 5.41) is 10.4. The SMILES string of the molecule is [2H]C([2H])(OP1(=O)OCc2cccc(C)c2O1)[C@]1(F)C[C@@H](O)[C@]([2H])(n2cc(C#C)c(=O)[nH]c2=O)O1. The van der Waals surface area contributed by atoms with E-state index in [-0.39, 0.29) is 12.4 Å². The summed E-state index contributed by atoms with van der Waals surface area (Å²) in [5.74, 6) is -1.54. The quantitative estimate of drug-likeness (QED) is 0.524. The zero-order chi connectivity index (χ0) is 25.1. The number of aryl methyl sites for hydroxylation is 1. The first-order chi connectivity index (χ1) is 15.7. The van der Waals surface area contributed by atoms with Crippen molar-refractivity contribution in [2.75, 3.05) is 6.56 Å². The van der Waals surface area contributed by atoms with Gasteiger partial charge in [0.05, 0.1) is 10.7 Å². The Labute approximate surface area is 179 Å². The normalized spacial score (nSPS) is 34.0. The molecule has 2 aromatic rings. The Morgan fingerprint density at radius 2 is 2.35 bits per heavy atom.